The topological polar surface area (TPSA) is 59.4 Å². The molecular formula is C25H25BrN4O2S. The van der Waals surface area contributed by atoms with Crippen LogP contribution >= 0.6 is 28.1 Å². The van der Waals surface area contributed by atoms with Crippen molar-refractivity contribution in [3.63, 3.8) is 0 Å². The fourth-order valence-corrected chi connectivity index (χ4v) is 4.58. The largest absolute Gasteiger partial charge is 0.496 e. The van der Waals surface area contributed by atoms with Gasteiger partial charge in [0.25, 0.3) is 5.91 Å². The molecule has 2 heterocycles. The molecule has 0 saturated carbocycles. The van der Waals surface area contributed by atoms with Crippen molar-refractivity contribution < 1.29 is 9.53 Å². The van der Waals surface area contributed by atoms with Gasteiger partial charge in [-0.3, -0.25) is 14.4 Å². The van der Waals surface area contributed by atoms with Gasteiger partial charge in [-0.05, 0) is 78.3 Å². The minimum Gasteiger partial charge on any atom is -0.496 e. The van der Waals surface area contributed by atoms with Crippen LogP contribution in [0.4, 0.5) is 0 Å². The van der Waals surface area contributed by atoms with Gasteiger partial charge in [-0.2, -0.15) is 5.10 Å². The molecule has 1 fully saturated rings. The van der Waals surface area contributed by atoms with Crippen LogP contribution in [0.3, 0.4) is 0 Å². The number of methoxy groups -OCH3 is 1. The van der Waals surface area contributed by atoms with E-state index < -0.39 is 0 Å². The predicted molar refractivity (Wildman–Crippen MR) is 137 cm³/mol. The summed E-state index contributed by atoms with van der Waals surface area (Å²) in [5, 5.41) is 8.09. The molecule has 0 radical (unpaired) electrons. The van der Waals surface area contributed by atoms with Crippen LogP contribution in [0.25, 0.3) is 6.08 Å². The van der Waals surface area contributed by atoms with Crippen LogP contribution in [-0.2, 0) is 11.3 Å². The maximum Gasteiger partial charge on any atom is 0.277 e. The summed E-state index contributed by atoms with van der Waals surface area (Å²) >= 11 is 9.07. The number of hydrogen-bond donors (Lipinski definition) is 1. The highest BCUT2D eigenvalue weighted by molar-refractivity contribution is 9.10. The Kier molecular flexibility index (Phi) is 6.67. The van der Waals surface area contributed by atoms with Crippen molar-refractivity contribution in [1.29, 1.82) is 0 Å². The van der Waals surface area contributed by atoms with Gasteiger partial charge in [0, 0.05) is 5.56 Å². The van der Waals surface area contributed by atoms with Gasteiger partial charge >= 0.3 is 0 Å². The van der Waals surface area contributed by atoms with Crippen molar-refractivity contribution in [2.45, 2.75) is 33.4 Å². The monoisotopic (exact) mass is 524 g/mol. The Hall–Kier alpha value is -2.97. The molecular weight excluding hydrogens is 500 g/mol. The summed E-state index contributed by atoms with van der Waals surface area (Å²) in [6.07, 6.45) is 1.83. The number of halogens is 1. The van der Waals surface area contributed by atoms with E-state index in [0.717, 1.165) is 38.3 Å². The average Bonchev–Trinajstić information content (AvgIpc) is 3.22. The molecule has 1 N–H and O–H groups in total. The first-order chi connectivity index (χ1) is 15.8. The molecule has 1 saturated heterocycles. The van der Waals surface area contributed by atoms with E-state index in [4.69, 9.17) is 17.0 Å². The van der Waals surface area contributed by atoms with Crippen LogP contribution in [0.15, 0.2) is 58.7 Å². The molecule has 1 aliphatic rings. The normalized spacial score (nSPS) is 15.8. The van der Waals surface area contributed by atoms with Crippen LogP contribution < -0.4 is 10.1 Å². The number of carbonyl (C=O) groups excluding carboxylic acids is 1. The highest BCUT2D eigenvalue weighted by atomic mass is 79.9. The smallest absolute Gasteiger partial charge is 0.277 e. The molecule has 1 atom stereocenters. The summed E-state index contributed by atoms with van der Waals surface area (Å²) in [6, 6.07) is 15.5. The standard InChI is InChI=1S/C25H25BrN4O2S/c1-15-23(26)17(3)29(28-15)14-20-12-18(10-11-22(20)32-4)13-21-24(31)30(25(33)27-21)16(2)19-8-6-5-7-9-19/h5-13,16H,14H2,1-4H3,(H,27,33)/b21-13-. The van der Waals surface area contributed by atoms with Crippen LogP contribution in [-0.4, -0.2) is 32.8 Å². The van der Waals surface area contributed by atoms with Gasteiger partial charge in [0.05, 0.1) is 35.6 Å². The third-order valence-electron chi connectivity index (χ3n) is 5.81. The van der Waals surface area contributed by atoms with Gasteiger partial charge < -0.3 is 10.1 Å². The van der Waals surface area contributed by atoms with E-state index >= 15 is 0 Å². The molecule has 4 rings (SSSR count). The summed E-state index contributed by atoms with van der Waals surface area (Å²) in [5.74, 6) is 0.623. The maximum atomic E-state index is 13.2. The Morgan fingerprint density at radius 3 is 2.58 bits per heavy atom. The number of aromatic nitrogens is 2. The van der Waals surface area contributed by atoms with E-state index in [1.165, 1.54) is 0 Å². The number of thiocarbonyl (C=S) groups is 1. The van der Waals surface area contributed by atoms with Crippen molar-refractivity contribution in [2.24, 2.45) is 0 Å². The minimum absolute atomic E-state index is 0.142. The Labute approximate surface area is 207 Å². The fraction of sp³-hybridized carbons (Fsp3) is 0.240. The van der Waals surface area contributed by atoms with Crippen molar-refractivity contribution in [3.05, 3.63) is 86.8 Å². The highest BCUT2D eigenvalue weighted by Crippen LogP contribution is 2.28. The third-order valence-corrected chi connectivity index (χ3v) is 7.25. The predicted octanol–water partition coefficient (Wildman–Crippen LogP) is 5.14. The van der Waals surface area contributed by atoms with Crippen LogP contribution in [0, 0.1) is 13.8 Å². The second kappa shape index (κ2) is 9.49. The highest BCUT2D eigenvalue weighted by Gasteiger charge is 2.34. The lowest BCUT2D eigenvalue weighted by Gasteiger charge is -2.23. The molecule has 0 spiro atoms. The van der Waals surface area contributed by atoms with Crippen molar-refractivity contribution in [2.75, 3.05) is 7.11 Å². The number of aryl methyl sites for hydroxylation is 1. The lowest BCUT2D eigenvalue weighted by Crippen LogP contribution is -2.33. The maximum absolute atomic E-state index is 13.2. The summed E-state index contributed by atoms with van der Waals surface area (Å²) in [4.78, 5) is 14.8. The second-order valence-electron chi connectivity index (χ2n) is 7.96. The summed E-state index contributed by atoms with van der Waals surface area (Å²) in [7, 11) is 1.65. The van der Waals surface area contributed by atoms with Crippen LogP contribution in [0.1, 0.15) is 41.0 Å². The molecule has 0 aliphatic carbocycles. The van der Waals surface area contributed by atoms with E-state index in [1.54, 1.807) is 12.0 Å². The zero-order valence-electron chi connectivity index (χ0n) is 18.9. The van der Waals surface area contributed by atoms with Gasteiger partial charge in [0.2, 0.25) is 0 Å². The van der Waals surface area contributed by atoms with E-state index in [9.17, 15) is 4.79 Å². The Balaban J connectivity index is 1.62. The molecule has 1 unspecified atom stereocenters. The molecule has 33 heavy (non-hydrogen) atoms. The molecule has 6 nitrogen and oxygen atoms in total. The number of rotatable bonds is 6. The first-order valence-corrected chi connectivity index (χ1v) is 11.8. The quantitative estimate of drug-likeness (QED) is 0.357. The third kappa shape index (κ3) is 4.58. The number of benzene rings is 2. The summed E-state index contributed by atoms with van der Waals surface area (Å²) in [6.45, 7) is 6.51. The van der Waals surface area contributed by atoms with Crippen molar-refractivity contribution in [1.82, 2.24) is 20.0 Å². The lowest BCUT2D eigenvalue weighted by atomic mass is 10.1. The van der Waals surface area contributed by atoms with Gasteiger partial charge in [-0.1, -0.05) is 36.4 Å². The minimum atomic E-state index is -0.166. The molecule has 0 bridgehead atoms. The number of nitrogens with one attached hydrogen (secondary N) is 1. The number of carbonyl (C=O) groups is 1. The molecule has 1 amide bonds. The lowest BCUT2D eigenvalue weighted by molar-refractivity contribution is -0.123. The molecule has 170 valence electrons. The number of amides is 1. The van der Waals surface area contributed by atoms with E-state index in [1.807, 2.05) is 80.1 Å². The van der Waals surface area contributed by atoms with E-state index in [2.05, 4.69) is 26.3 Å². The molecule has 1 aliphatic heterocycles. The zero-order chi connectivity index (χ0) is 23.7. The molecule has 8 heteroatoms. The Morgan fingerprint density at radius 2 is 1.94 bits per heavy atom. The Bertz CT molecular complexity index is 1250. The SMILES string of the molecule is COc1ccc(/C=C2\NC(=S)N(C(C)c3ccccc3)C2=O)cc1Cn1nc(C)c(Br)c1C. The second-order valence-corrected chi connectivity index (χ2v) is 9.14. The van der Waals surface area contributed by atoms with E-state index in [-0.39, 0.29) is 11.9 Å². The number of ether oxygens (including phenoxy) is 1. The van der Waals surface area contributed by atoms with Crippen molar-refractivity contribution >= 4 is 45.2 Å². The fourth-order valence-electron chi connectivity index (χ4n) is 3.95. The van der Waals surface area contributed by atoms with Gasteiger partial charge in [-0.25, -0.2) is 0 Å². The van der Waals surface area contributed by atoms with Gasteiger partial charge in [0.1, 0.15) is 11.4 Å². The number of hydrogen-bond acceptors (Lipinski definition) is 4. The van der Waals surface area contributed by atoms with Crippen LogP contribution in [0.2, 0.25) is 0 Å². The first kappa shape index (κ1) is 23.2. The molecule has 2 aromatic carbocycles. The number of nitrogens with zero attached hydrogens (tertiary/aromatic N) is 3. The van der Waals surface area contributed by atoms with Gasteiger partial charge in [-0.15, -0.1) is 0 Å². The summed E-state index contributed by atoms with van der Waals surface area (Å²) in [5.41, 5.74) is 5.30. The van der Waals surface area contributed by atoms with E-state index in [0.29, 0.717) is 17.4 Å². The summed E-state index contributed by atoms with van der Waals surface area (Å²) < 4.78 is 8.51. The Morgan fingerprint density at radius 1 is 1.21 bits per heavy atom. The average molecular weight is 525 g/mol. The molecule has 3 aromatic rings. The first-order valence-electron chi connectivity index (χ1n) is 10.6. The molecule has 1 aromatic heterocycles. The van der Waals surface area contributed by atoms with Crippen LogP contribution in [0.5, 0.6) is 5.75 Å². The van der Waals surface area contributed by atoms with Crippen molar-refractivity contribution in [3.8, 4) is 5.75 Å². The zero-order valence-corrected chi connectivity index (χ0v) is 21.3. The van der Waals surface area contributed by atoms with Gasteiger partial charge in [0.15, 0.2) is 5.11 Å².